The van der Waals surface area contributed by atoms with Crippen molar-refractivity contribution in [2.24, 2.45) is 0 Å². The van der Waals surface area contributed by atoms with E-state index in [1.165, 1.54) is 18.7 Å². The minimum Gasteiger partial charge on any atom is -0.353 e. The average Bonchev–Trinajstić information content (AvgIpc) is 2.66. The summed E-state index contributed by atoms with van der Waals surface area (Å²) >= 11 is 7.39. The Balaban J connectivity index is 1.73. The van der Waals surface area contributed by atoms with E-state index in [4.69, 9.17) is 11.6 Å². The van der Waals surface area contributed by atoms with Crippen LogP contribution in [-0.2, 0) is 9.59 Å². The molecule has 0 radical (unpaired) electrons. The smallest absolute Gasteiger partial charge is 0.252 e. The Hall–Kier alpha value is -2.51. The van der Waals surface area contributed by atoms with Gasteiger partial charge in [-0.15, -0.1) is 11.8 Å². The Morgan fingerprint density at radius 1 is 1.00 bits per heavy atom. The van der Waals surface area contributed by atoms with Gasteiger partial charge in [0.2, 0.25) is 11.8 Å². The number of hydrogen-bond donors (Lipinski definition) is 3. The summed E-state index contributed by atoms with van der Waals surface area (Å²) in [5, 5.41) is 8.31. The van der Waals surface area contributed by atoms with Crippen molar-refractivity contribution in [3.05, 3.63) is 59.1 Å². The largest absolute Gasteiger partial charge is 0.353 e. The van der Waals surface area contributed by atoms with Crippen molar-refractivity contribution in [2.45, 2.75) is 24.0 Å². The van der Waals surface area contributed by atoms with Crippen LogP contribution >= 0.6 is 23.4 Å². The van der Waals surface area contributed by atoms with Crippen LogP contribution in [-0.4, -0.2) is 36.1 Å². The van der Waals surface area contributed by atoms with Gasteiger partial charge in [-0.2, -0.15) is 0 Å². The number of carbonyl (C=O) groups is 3. The van der Waals surface area contributed by atoms with Crippen LogP contribution in [0.5, 0.6) is 0 Å². The molecule has 8 heteroatoms. The second kappa shape index (κ2) is 10.7. The van der Waals surface area contributed by atoms with Crippen LogP contribution in [0, 0.1) is 0 Å². The molecule has 0 saturated carbocycles. The zero-order chi connectivity index (χ0) is 20.5. The summed E-state index contributed by atoms with van der Waals surface area (Å²) in [4.78, 5) is 36.2. The average molecular weight is 420 g/mol. The third kappa shape index (κ3) is 6.90. The Morgan fingerprint density at radius 2 is 1.64 bits per heavy atom. The summed E-state index contributed by atoms with van der Waals surface area (Å²) in [6, 6.07) is 14.1. The van der Waals surface area contributed by atoms with Crippen molar-refractivity contribution in [2.75, 3.05) is 18.4 Å². The summed E-state index contributed by atoms with van der Waals surface area (Å²) in [6.07, 6.45) is 0. The molecule has 0 aromatic heterocycles. The normalized spacial score (nSPS) is 11.4. The number of thioether (sulfide) groups is 1. The van der Waals surface area contributed by atoms with Crippen LogP contribution in [0.1, 0.15) is 24.2 Å². The molecule has 2 aromatic carbocycles. The Morgan fingerprint density at radius 3 is 2.29 bits per heavy atom. The van der Waals surface area contributed by atoms with E-state index >= 15 is 0 Å². The zero-order valence-corrected chi connectivity index (χ0v) is 17.2. The lowest BCUT2D eigenvalue weighted by Crippen LogP contribution is -2.37. The van der Waals surface area contributed by atoms with Crippen molar-refractivity contribution < 1.29 is 14.4 Å². The number of hydrogen-bond acceptors (Lipinski definition) is 4. The van der Waals surface area contributed by atoms with Crippen LogP contribution in [0.3, 0.4) is 0 Å². The standard InChI is InChI=1S/C20H22ClN3O3S/c1-13(28-16-9-7-15(8-10-16)24-14(2)25)19(26)22-11-12-23-20(27)17-5-3-4-6-18(17)21/h3-10,13H,11-12H2,1-2H3,(H,22,26)(H,23,27)(H,24,25). The Kier molecular flexibility index (Phi) is 8.35. The third-order valence-corrected chi connectivity index (χ3v) is 5.13. The van der Waals surface area contributed by atoms with Crippen molar-refractivity contribution in [3.8, 4) is 0 Å². The molecule has 0 heterocycles. The molecule has 1 unspecified atom stereocenters. The monoisotopic (exact) mass is 419 g/mol. The second-order valence-electron chi connectivity index (χ2n) is 5.99. The fraction of sp³-hybridized carbons (Fsp3) is 0.250. The molecule has 0 spiro atoms. The van der Waals surface area contributed by atoms with Crippen molar-refractivity contribution in [3.63, 3.8) is 0 Å². The predicted octanol–water partition coefficient (Wildman–Crippen LogP) is 3.33. The molecule has 3 N–H and O–H groups in total. The van der Waals surface area contributed by atoms with E-state index in [1.54, 1.807) is 36.4 Å². The summed E-state index contributed by atoms with van der Waals surface area (Å²) in [5.74, 6) is -0.528. The van der Waals surface area contributed by atoms with Crippen molar-refractivity contribution in [1.82, 2.24) is 10.6 Å². The lowest BCUT2D eigenvalue weighted by Gasteiger charge is -2.13. The second-order valence-corrected chi connectivity index (χ2v) is 7.81. The first-order valence-electron chi connectivity index (χ1n) is 8.71. The number of carbonyl (C=O) groups excluding carboxylic acids is 3. The van der Waals surface area contributed by atoms with E-state index in [1.807, 2.05) is 19.1 Å². The molecule has 0 aliphatic rings. The van der Waals surface area contributed by atoms with E-state index in [9.17, 15) is 14.4 Å². The van der Waals surface area contributed by atoms with E-state index in [-0.39, 0.29) is 23.0 Å². The first-order valence-corrected chi connectivity index (χ1v) is 9.97. The van der Waals surface area contributed by atoms with Crippen LogP contribution in [0.15, 0.2) is 53.4 Å². The van der Waals surface area contributed by atoms with E-state index < -0.39 is 0 Å². The maximum Gasteiger partial charge on any atom is 0.252 e. The fourth-order valence-corrected chi connectivity index (χ4v) is 3.44. The van der Waals surface area contributed by atoms with Gasteiger partial charge in [0.05, 0.1) is 15.8 Å². The van der Waals surface area contributed by atoms with Gasteiger partial charge in [0.1, 0.15) is 0 Å². The van der Waals surface area contributed by atoms with Gasteiger partial charge >= 0.3 is 0 Å². The molecule has 148 valence electrons. The molecule has 2 rings (SSSR count). The highest BCUT2D eigenvalue weighted by Crippen LogP contribution is 2.24. The van der Waals surface area contributed by atoms with Crippen LogP contribution in [0.2, 0.25) is 5.02 Å². The van der Waals surface area contributed by atoms with Gasteiger partial charge in [-0.05, 0) is 43.3 Å². The topological polar surface area (TPSA) is 87.3 Å². The zero-order valence-electron chi connectivity index (χ0n) is 15.6. The molecule has 0 aliphatic heterocycles. The van der Waals surface area contributed by atoms with Crippen molar-refractivity contribution >= 4 is 46.8 Å². The molecule has 1 atom stereocenters. The number of halogens is 1. The number of rotatable bonds is 8. The molecular weight excluding hydrogens is 398 g/mol. The van der Waals surface area contributed by atoms with Gasteiger partial charge in [-0.1, -0.05) is 23.7 Å². The lowest BCUT2D eigenvalue weighted by atomic mass is 10.2. The first-order chi connectivity index (χ1) is 13.4. The molecule has 6 nitrogen and oxygen atoms in total. The van der Waals surface area contributed by atoms with Gasteiger partial charge in [0.15, 0.2) is 0 Å². The molecular formula is C20H22ClN3O3S. The molecule has 2 aromatic rings. The number of benzene rings is 2. The first kappa shape index (κ1) is 21.8. The quantitative estimate of drug-likeness (QED) is 0.452. The number of anilines is 1. The summed E-state index contributed by atoms with van der Waals surface area (Å²) in [6.45, 7) is 3.88. The Labute approximate surface area is 173 Å². The van der Waals surface area contributed by atoms with Crippen LogP contribution in [0.25, 0.3) is 0 Å². The molecule has 0 bridgehead atoms. The lowest BCUT2D eigenvalue weighted by molar-refractivity contribution is -0.120. The molecule has 0 fully saturated rings. The van der Waals surface area contributed by atoms with Crippen LogP contribution in [0.4, 0.5) is 5.69 Å². The van der Waals surface area contributed by atoms with Crippen LogP contribution < -0.4 is 16.0 Å². The van der Waals surface area contributed by atoms with E-state index in [0.717, 1.165) is 4.90 Å². The SMILES string of the molecule is CC(=O)Nc1ccc(SC(C)C(=O)NCCNC(=O)c2ccccc2Cl)cc1. The fourth-order valence-electron chi connectivity index (χ4n) is 2.32. The maximum absolute atomic E-state index is 12.2. The summed E-state index contributed by atoms with van der Waals surface area (Å²) < 4.78 is 0. The van der Waals surface area contributed by atoms with E-state index in [0.29, 0.717) is 29.4 Å². The molecule has 28 heavy (non-hydrogen) atoms. The highest BCUT2D eigenvalue weighted by Gasteiger charge is 2.14. The highest BCUT2D eigenvalue weighted by molar-refractivity contribution is 8.00. The minimum atomic E-state index is -0.300. The number of nitrogens with one attached hydrogen (secondary N) is 3. The predicted molar refractivity (Wildman–Crippen MR) is 113 cm³/mol. The molecule has 0 aliphatic carbocycles. The third-order valence-electron chi connectivity index (χ3n) is 3.69. The Bertz CT molecular complexity index is 843. The van der Waals surface area contributed by atoms with Crippen molar-refractivity contribution in [1.29, 1.82) is 0 Å². The van der Waals surface area contributed by atoms with Gasteiger partial charge in [-0.25, -0.2) is 0 Å². The van der Waals surface area contributed by atoms with E-state index in [2.05, 4.69) is 16.0 Å². The van der Waals surface area contributed by atoms with Gasteiger partial charge < -0.3 is 16.0 Å². The highest BCUT2D eigenvalue weighted by atomic mass is 35.5. The minimum absolute atomic E-state index is 0.122. The van der Waals surface area contributed by atoms with Gasteiger partial charge in [0.25, 0.3) is 5.91 Å². The summed E-state index contributed by atoms with van der Waals surface area (Å²) in [5.41, 5.74) is 1.12. The summed E-state index contributed by atoms with van der Waals surface area (Å²) in [7, 11) is 0. The van der Waals surface area contributed by atoms with Gasteiger partial charge in [-0.3, -0.25) is 14.4 Å². The molecule has 3 amide bonds. The van der Waals surface area contributed by atoms with Gasteiger partial charge in [0, 0.05) is 30.6 Å². The molecule has 0 saturated heterocycles. The number of amides is 3. The maximum atomic E-state index is 12.2.